The minimum Gasteiger partial charge on any atom is -0.340 e. The lowest BCUT2D eigenvalue weighted by atomic mass is 9.47. The van der Waals surface area contributed by atoms with E-state index in [4.69, 9.17) is 0 Å². The van der Waals surface area contributed by atoms with Crippen LogP contribution < -0.4 is 10.6 Å². The van der Waals surface area contributed by atoms with Crippen LogP contribution in [0.3, 0.4) is 0 Å². The number of carbonyl (C=O) groups is 2. The van der Waals surface area contributed by atoms with Gasteiger partial charge in [0.2, 0.25) is 5.91 Å². The maximum Gasteiger partial charge on any atom is 0.251 e. The summed E-state index contributed by atoms with van der Waals surface area (Å²) in [5.74, 6) is 1.89. The number of anilines is 1. The van der Waals surface area contributed by atoms with Crippen molar-refractivity contribution in [2.75, 3.05) is 5.32 Å². The molecule has 4 heteroatoms. The van der Waals surface area contributed by atoms with E-state index in [-0.39, 0.29) is 17.2 Å². The smallest absolute Gasteiger partial charge is 0.251 e. The number of rotatable bonds is 5. The number of amides is 2. The Morgan fingerprint density at radius 1 is 0.806 bits per heavy atom. The quantitative estimate of drug-likeness (QED) is 0.699. The molecule has 4 aliphatic rings. The summed E-state index contributed by atoms with van der Waals surface area (Å²) in [4.78, 5) is 26.8. The molecular formula is C27H32N2O2. The van der Waals surface area contributed by atoms with Gasteiger partial charge in [-0.2, -0.15) is 0 Å². The van der Waals surface area contributed by atoms with Crippen LogP contribution in [0.5, 0.6) is 0 Å². The Morgan fingerprint density at radius 2 is 1.29 bits per heavy atom. The lowest BCUT2D eigenvalue weighted by Crippen LogP contribution is -2.61. The Bertz CT molecular complexity index is 942. The minimum absolute atomic E-state index is 0.0775. The number of hydrogen-bond donors (Lipinski definition) is 2. The van der Waals surface area contributed by atoms with E-state index in [0.29, 0.717) is 23.3 Å². The minimum atomic E-state index is -0.504. The molecule has 162 valence electrons. The Kier molecular flexibility index (Phi) is 5.11. The topological polar surface area (TPSA) is 58.2 Å². The fourth-order valence-corrected chi connectivity index (χ4v) is 6.80. The number of hydrogen-bond acceptors (Lipinski definition) is 2. The van der Waals surface area contributed by atoms with Crippen molar-refractivity contribution in [3.63, 3.8) is 0 Å². The maximum atomic E-state index is 13.6. The van der Waals surface area contributed by atoms with Gasteiger partial charge in [-0.1, -0.05) is 35.4 Å². The standard InChI is InChI=1S/C27H32N2O2/c1-17-3-7-22(8-4-17)25(30)29-24(26(31)28-23-9-5-18(2)6-10-23)27-14-19-11-20(15-27)13-21(12-19)16-27/h3-10,19-21,24H,11-16H2,1-2H3,(H,28,31)(H,29,30)/t19?,20?,21?,24-,27?/m1/s1. The summed E-state index contributed by atoms with van der Waals surface area (Å²) in [5.41, 5.74) is 3.55. The van der Waals surface area contributed by atoms with Crippen LogP contribution >= 0.6 is 0 Å². The first-order valence-electron chi connectivity index (χ1n) is 11.7. The molecule has 0 aromatic heterocycles. The highest BCUT2D eigenvalue weighted by Crippen LogP contribution is 2.61. The molecule has 0 spiro atoms. The van der Waals surface area contributed by atoms with Gasteiger partial charge in [-0.25, -0.2) is 0 Å². The first-order valence-corrected chi connectivity index (χ1v) is 11.7. The van der Waals surface area contributed by atoms with Gasteiger partial charge >= 0.3 is 0 Å². The van der Waals surface area contributed by atoms with Crippen LogP contribution in [0.2, 0.25) is 0 Å². The zero-order valence-corrected chi connectivity index (χ0v) is 18.5. The molecule has 4 bridgehead atoms. The number of nitrogens with one attached hydrogen (secondary N) is 2. The highest BCUT2D eigenvalue weighted by Gasteiger charge is 2.56. The average molecular weight is 417 g/mol. The third-order valence-electron chi connectivity index (χ3n) is 7.87. The Hall–Kier alpha value is -2.62. The normalized spacial score (nSPS) is 29.4. The van der Waals surface area contributed by atoms with Crippen LogP contribution in [0.4, 0.5) is 5.69 Å². The van der Waals surface area contributed by atoms with E-state index in [1.807, 2.05) is 62.4 Å². The summed E-state index contributed by atoms with van der Waals surface area (Å²) in [6, 6.07) is 15.0. The third kappa shape index (κ3) is 4.00. The molecule has 31 heavy (non-hydrogen) atoms. The molecule has 2 amide bonds. The van der Waals surface area contributed by atoms with Crippen LogP contribution in [0, 0.1) is 37.0 Å². The fourth-order valence-electron chi connectivity index (χ4n) is 6.80. The van der Waals surface area contributed by atoms with Gasteiger partial charge in [-0.05, 0) is 94.4 Å². The number of aryl methyl sites for hydroxylation is 2. The molecule has 2 aromatic carbocycles. The Balaban J connectivity index is 1.43. The van der Waals surface area contributed by atoms with E-state index < -0.39 is 6.04 Å². The fraction of sp³-hybridized carbons (Fsp3) is 0.481. The predicted molar refractivity (Wildman–Crippen MR) is 123 cm³/mol. The van der Waals surface area contributed by atoms with Crippen molar-refractivity contribution in [2.24, 2.45) is 23.2 Å². The van der Waals surface area contributed by atoms with Crippen molar-refractivity contribution in [2.45, 2.75) is 58.4 Å². The van der Waals surface area contributed by atoms with Gasteiger partial charge in [0, 0.05) is 16.7 Å². The van der Waals surface area contributed by atoms with Crippen LogP contribution in [0.25, 0.3) is 0 Å². The van der Waals surface area contributed by atoms with E-state index in [1.54, 1.807) is 0 Å². The van der Waals surface area contributed by atoms with E-state index in [9.17, 15) is 9.59 Å². The zero-order chi connectivity index (χ0) is 21.6. The molecule has 4 nitrogen and oxygen atoms in total. The molecule has 0 aliphatic heterocycles. The SMILES string of the molecule is Cc1ccc(NC(=O)[C@@H](NC(=O)c2ccc(C)cc2)C23CC4CC(CC(C4)C2)C3)cc1. The van der Waals surface area contributed by atoms with Gasteiger partial charge in [0.25, 0.3) is 5.91 Å². The van der Waals surface area contributed by atoms with Crippen molar-refractivity contribution in [3.8, 4) is 0 Å². The van der Waals surface area contributed by atoms with Gasteiger partial charge < -0.3 is 10.6 Å². The predicted octanol–water partition coefficient (Wildman–Crippen LogP) is 5.26. The second-order valence-electron chi connectivity index (χ2n) is 10.4. The van der Waals surface area contributed by atoms with Crippen LogP contribution in [0.15, 0.2) is 48.5 Å². The van der Waals surface area contributed by atoms with Gasteiger partial charge in [0.1, 0.15) is 6.04 Å². The lowest BCUT2D eigenvalue weighted by Gasteiger charge is -2.58. The number of benzene rings is 2. The molecular weight excluding hydrogens is 384 g/mol. The van der Waals surface area contributed by atoms with Crippen LogP contribution in [-0.4, -0.2) is 17.9 Å². The van der Waals surface area contributed by atoms with Crippen molar-refractivity contribution >= 4 is 17.5 Å². The van der Waals surface area contributed by atoms with Crippen LogP contribution in [-0.2, 0) is 4.79 Å². The van der Waals surface area contributed by atoms with E-state index in [0.717, 1.165) is 36.1 Å². The van der Waals surface area contributed by atoms with E-state index in [2.05, 4.69) is 10.6 Å². The molecule has 0 radical (unpaired) electrons. The van der Waals surface area contributed by atoms with E-state index in [1.165, 1.54) is 19.3 Å². The average Bonchev–Trinajstić information content (AvgIpc) is 2.73. The van der Waals surface area contributed by atoms with Crippen molar-refractivity contribution in [1.82, 2.24) is 5.32 Å². The summed E-state index contributed by atoms with van der Waals surface area (Å²) in [7, 11) is 0. The molecule has 1 atom stereocenters. The zero-order valence-electron chi connectivity index (χ0n) is 18.5. The van der Waals surface area contributed by atoms with Crippen molar-refractivity contribution in [1.29, 1.82) is 0 Å². The molecule has 0 heterocycles. The summed E-state index contributed by atoms with van der Waals surface area (Å²) < 4.78 is 0. The summed E-state index contributed by atoms with van der Waals surface area (Å²) >= 11 is 0. The van der Waals surface area contributed by atoms with Crippen LogP contribution in [0.1, 0.15) is 60.0 Å². The largest absolute Gasteiger partial charge is 0.340 e. The lowest BCUT2D eigenvalue weighted by molar-refractivity contribution is -0.129. The monoisotopic (exact) mass is 416 g/mol. The van der Waals surface area contributed by atoms with Gasteiger partial charge in [-0.15, -0.1) is 0 Å². The molecule has 6 rings (SSSR count). The van der Waals surface area contributed by atoms with Gasteiger partial charge in [0.05, 0.1) is 0 Å². The molecule has 4 saturated carbocycles. The van der Waals surface area contributed by atoms with Gasteiger partial charge in [0.15, 0.2) is 0 Å². The number of carbonyl (C=O) groups excluding carboxylic acids is 2. The summed E-state index contributed by atoms with van der Waals surface area (Å²) in [6.07, 6.45) is 7.07. The third-order valence-corrected chi connectivity index (χ3v) is 7.87. The first-order chi connectivity index (χ1) is 14.9. The van der Waals surface area contributed by atoms with Crippen molar-refractivity contribution in [3.05, 3.63) is 65.2 Å². The highest BCUT2D eigenvalue weighted by molar-refractivity contribution is 6.01. The molecule has 4 aliphatic carbocycles. The molecule has 4 fully saturated rings. The van der Waals surface area contributed by atoms with Gasteiger partial charge in [-0.3, -0.25) is 9.59 Å². The Labute approximate surface area is 184 Å². The van der Waals surface area contributed by atoms with Crippen molar-refractivity contribution < 1.29 is 9.59 Å². The molecule has 0 unspecified atom stereocenters. The second kappa shape index (κ2) is 7.81. The second-order valence-corrected chi connectivity index (χ2v) is 10.4. The summed E-state index contributed by atoms with van der Waals surface area (Å²) in [6.45, 7) is 4.04. The highest BCUT2D eigenvalue weighted by atomic mass is 16.2. The molecule has 2 aromatic rings. The maximum absolute atomic E-state index is 13.6. The summed E-state index contributed by atoms with van der Waals surface area (Å²) in [5, 5.41) is 6.30. The van der Waals surface area contributed by atoms with E-state index >= 15 is 0 Å². The Morgan fingerprint density at radius 3 is 1.81 bits per heavy atom. The first kappa shape index (κ1) is 20.3. The molecule has 0 saturated heterocycles. The molecule has 2 N–H and O–H groups in total.